The Morgan fingerprint density at radius 3 is 2.65 bits per heavy atom. The molecule has 0 radical (unpaired) electrons. The highest BCUT2D eigenvalue weighted by Gasteiger charge is 2.09. The van der Waals surface area contributed by atoms with E-state index in [4.69, 9.17) is 5.73 Å². The Morgan fingerprint density at radius 2 is 2.06 bits per heavy atom. The molecular weight excluding hydrogens is 218 g/mol. The number of nitrogens with zero attached hydrogens (tertiary/aromatic N) is 6. The molecule has 0 aromatic carbocycles. The number of hydrogen-bond acceptors (Lipinski definition) is 6. The summed E-state index contributed by atoms with van der Waals surface area (Å²) in [5.74, 6) is 1.29. The van der Waals surface area contributed by atoms with Crippen LogP contribution in [0.2, 0.25) is 0 Å². The Labute approximate surface area is 99.3 Å². The van der Waals surface area contributed by atoms with E-state index in [1.165, 1.54) is 0 Å². The van der Waals surface area contributed by atoms with Gasteiger partial charge in [0, 0.05) is 26.8 Å². The first-order valence-corrected chi connectivity index (χ1v) is 5.32. The summed E-state index contributed by atoms with van der Waals surface area (Å²) in [6.45, 7) is 2.82. The second kappa shape index (κ2) is 4.36. The van der Waals surface area contributed by atoms with Crippen LogP contribution in [0.3, 0.4) is 0 Å². The minimum Gasteiger partial charge on any atom is -0.368 e. The Kier molecular flexibility index (Phi) is 2.90. The summed E-state index contributed by atoms with van der Waals surface area (Å²) in [6, 6.07) is 0. The average molecular weight is 233 g/mol. The zero-order chi connectivity index (χ0) is 12.4. The molecule has 0 aliphatic heterocycles. The zero-order valence-corrected chi connectivity index (χ0v) is 10.1. The highest BCUT2D eigenvalue weighted by Crippen LogP contribution is 2.16. The first kappa shape index (κ1) is 11.3. The maximum atomic E-state index is 5.66. The third-order valence-corrected chi connectivity index (χ3v) is 2.26. The first-order valence-electron chi connectivity index (χ1n) is 5.32. The normalized spacial score (nSPS) is 10.5. The molecular formula is C10H15N7. The highest BCUT2D eigenvalue weighted by molar-refractivity contribution is 5.55. The van der Waals surface area contributed by atoms with Crippen LogP contribution in [0, 0.1) is 0 Å². The lowest BCUT2D eigenvalue weighted by Crippen LogP contribution is -2.15. The lowest BCUT2D eigenvalue weighted by molar-refractivity contribution is 0.660. The number of hydrogen-bond donors (Lipinski definition) is 1. The molecule has 2 rings (SSSR count). The molecule has 0 atom stereocenters. The quantitative estimate of drug-likeness (QED) is 0.826. The van der Waals surface area contributed by atoms with E-state index < -0.39 is 0 Å². The van der Waals surface area contributed by atoms with Crippen molar-refractivity contribution in [1.29, 1.82) is 0 Å². The van der Waals surface area contributed by atoms with Crippen LogP contribution in [0.25, 0.3) is 11.4 Å². The van der Waals surface area contributed by atoms with Gasteiger partial charge < -0.3 is 10.6 Å². The predicted octanol–water partition coefficient (Wildman–Crippen LogP) is 0.403. The molecule has 2 aromatic rings. The van der Waals surface area contributed by atoms with E-state index in [0.717, 1.165) is 12.1 Å². The van der Waals surface area contributed by atoms with Crippen molar-refractivity contribution in [1.82, 2.24) is 24.7 Å². The van der Waals surface area contributed by atoms with Gasteiger partial charge in [-0.1, -0.05) is 0 Å². The molecule has 0 fully saturated rings. The molecule has 0 bridgehead atoms. The van der Waals surface area contributed by atoms with E-state index in [-0.39, 0.29) is 5.95 Å². The van der Waals surface area contributed by atoms with Gasteiger partial charge in [0.05, 0.1) is 11.8 Å². The Balaban J connectivity index is 2.44. The minimum absolute atomic E-state index is 0.211. The van der Waals surface area contributed by atoms with Crippen molar-refractivity contribution < 1.29 is 0 Å². The Morgan fingerprint density at radius 1 is 1.29 bits per heavy atom. The van der Waals surface area contributed by atoms with Crippen LogP contribution in [0.5, 0.6) is 0 Å². The summed E-state index contributed by atoms with van der Waals surface area (Å²) in [4.78, 5) is 14.3. The van der Waals surface area contributed by atoms with Gasteiger partial charge in [-0.25, -0.2) is 0 Å². The Hall–Kier alpha value is -2.18. The van der Waals surface area contributed by atoms with Gasteiger partial charge in [-0.05, 0) is 6.92 Å². The topological polar surface area (TPSA) is 85.8 Å². The number of anilines is 2. The fourth-order valence-corrected chi connectivity index (χ4v) is 1.36. The zero-order valence-electron chi connectivity index (χ0n) is 10.1. The summed E-state index contributed by atoms with van der Waals surface area (Å²) < 4.78 is 1.81. The van der Waals surface area contributed by atoms with Crippen molar-refractivity contribution in [3.63, 3.8) is 0 Å². The summed E-state index contributed by atoms with van der Waals surface area (Å²) in [5.41, 5.74) is 6.49. The molecule has 90 valence electrons. The monoisotopic (exact) mass is 233 g/mol. The lowest BCUT2D eigenvalue weighted by Gasteiger charge is -2.10. The van der Waals surface area contributed by atoms with Gasteiger partial charge in [-0.15, -0.1) is 0 Å². The van der Waals surface area contributed by atoms with Crippen LogP contribution in [0.15, 0.2) is 12.4 Å². The van der Waals surface area contributed by atoms with E-state index in [9.17, 15) is 0 Å². The fourth-order valence-electron chi connectivity index (χ4n) is 1.36. The van der Waals surface area contributed by atoms with Crippen molar-refractivity contribution in [3.05, 3.63) is 12.4 Å². The number of rotatable bonds is 3. The van der Waals surface area contributed by atoms with E-state index in [0.29, 0.717) is 11.8 Å². The van der Waals surface area contributed by atoms with E-state index in [1.54, 1.807) is 11.1 Å². The molecule has 7 nitrogen and oxygen atoms in total. The van der Waals surface area contributed by atoms with Gasteiger partial charge in [0.25, 0.3) is 0 Å². The van der Waals surface area contributed by atoms with E-state index >= 15 is 0 Å². The van der Waals surface area contributed by atoms with E-state index in [2.05, 4.69) is 20.1 Å². The second-order valence-electron chi connectivity index (χ2n) is 3.80. The molecule has 0 amide bonds. The van der Waals surface area contributed by atoms with Crippen LogP contribution in [-0.4, -0.2) is 38.8 Å². The van der Waals surface area contributed by atoms with Crippen LogP contribution in [0.1, 0.15) is 6.92 Å². The molecule has 2 heterocycles. The van der Waals surface area contributed by atoms with Crippen molar-refractivity contribution in [2.45, 2.75) is 13.5 Å². The summed E-state index contributed by atoms with van der Waals surface area (Å²) >= 11 is 0. The van der Waals surface area contributed by atoms with Gasteiger partial charge in [-0.2, -0.15) is 20.1 Å². The summed E-state index contributed by atoms with van der Waals surface area (Å²) in [5, 5.41) is 4.18. The van der Waals surface area contributed by atoms with Gasteiger partial charge in [0.2, 0.25) is 11.9 Å². The molecule has 0 saturated heterocycles. The molecule has 0 spiro atoms. The van der Waals surface area contributed by atoms with Crippen LogP contribution in [-0.2, 0) is 6.54 Å². The van der Waals surface area contributed by atoms with E-state index in [1.807, 2.05) is 31.9 Å². The molecule has 0 aliphatic carbocycles. The summed E-state index contributed by atoms with van der Waals surface area (Å²) in [7, 11) is 3.71. The Bertz CT molecular complexity index is 517. The SMILES string of the molecule is CCn1cc(-c2nc(N)nc(N(C)C)n2)cn1. The average Bonchev–Trinajstić information content (AvgIpc) is 2.76. The van der Waals surface area contributed by atoms with Crippen LogP contribution in [0.4, 0.5) is 11.9 Å². The van der Waals surface area contributed by atoms with Crippen molar-refractivity contribution in [2.24, 2.45) is 0 Å². The predicted molar refractivity (Wildman–Crippen MR) is 65.5 cm³/mol. The van der Waals surface area contributed by atoms with Gasteiger partial charge in [-0.3, -0.25) is 4.68 Å². The molecule has 2 aromatic heterocycles. The number of nitrogens with two attached hydrogens (primary N) is 1. The molecule has 0 unspecified atom stereocenters. The maximum absolute atomic E-state index is 5.66. The molecule has 0 aliphatic rings. The smallest absolute Gasteiger partial charge is 0.230 e. The highest BCUT2D eigenvalue weighted by atomic mass is 15.3. The number of aryl methyl sites for hydroxylation is 1. The first-order chi connectivity index (χ1) is 8.10. The number of aromatic nitrogens is 5. The van der Waals surface area contributed by atoms with Gasteiger partial charge in [0.1, 0.15) is 0 Å². The summed E-state index contributed by atoms with van der Waals surface area (Å²) in [6.07, 6.45) is 3.60. The van der Waals surface area contributed by atoms with Crippen molar-refractivity contribution >= 4 is 11.9 Å². The maximum Gasteiger partial charge on any atom is 0.230 e. The fraction of sp³-hybridized carbons (Fsp3) is 0.400. The van der Waals surface area contributed by atoms with Crippen molar-refractivity contribution in [2.75, 3.05) is 24.7 Å². The largest absolute Gasteiger partial charge is 0.368 e. The second-order valence-corrected chi connectivity index (χ2v) is 3.80. The molecule has 0 saturated carbocycles. The molecule has 7 heteroatoms. The lowest BCUT2D eigenvalue weighted by atomic mass is 10.3. The minimum atomic E-state index is 0.211. The third-order valence-electron chi connectivity index (χ3n) is 2.26. The third kappa shape index (κ3) is 2.32. The number of nitrogen functional groups attached to an aromatic ring is 1. The van der Waals surface area contributed by atoms with Crippen LogP contribution < -0.4 is 10.6 Å². The molecule has 2 N–H and O–H groups in total. The van der Waals surface area contributed by atoms with Crippen LogP contribution >= 0.6 is 0 Å². The molecule has 17 heavy (non-hydrogen) atoms. The van der Waals surface area contributed by atoms with Gasteiger partial charge in [0.15, 0.2) is 5.82 Å². The van der Waals surface area contributed by atoms with Crippen molar-refractivity contribution in [3.8, 4) is 11.4 Å². The standard InChI is InChI=1S/C10H15N7/c1-4-17-6-7(5-12-17)8-13-9(11)15-10(14-8)16(2)3/h5-6H,4H2,1-3H3,(H2,11,13,14,15). The van der Waals surface area contributed by atoms with Gasteiger partial charge >= 0.3 is 0 Å².